The van der Waals surface area contributed by atoms with Crippen LogP contribution in [-0.4, -0.2) is 239 Å². The molecule has 10 fully saturated rings. The maximum Gasteiger partial charge on any atom is 0.334 e. The molecule has 4 saturated carbocycles. The van der Waals surface area contributed by atoms with Crippen molar-refractivity contribution < 1.29 is 92.1 Å². The first-order valence-electron chi connectivity index (χ1n) is 37.7. The van der Waals surface area contributed by atoms with E-state index in [2.05, 4.69) is 58.5 Å². The minimum absolute atomic E-state index is 0.00621. The lowest BCUT2D eigenvalue weighted by molar-refractivity contribution is -0.151. The Labute approximate surface area is 628 Å². The fourth-order valence-electron chi connectivity index (χ4n) is 14.9. The molecule has 10 aliphatic rings. The van der Waals surface area contributed by atoms with Gasteiger partial charge in [-0.3, -0.25) is 68.6 Å². The molecular weight excluding hydrogens is 1420 g/mol. The SMILES string of the molecule is CN1C(=O)CS/C1=N\NC(=O)C(=O)C(NC(=O)C1CCCCC1)C1CCOCC1.CN1C(=O)CS/C1=N\NC(=O)C(O)C(NC(=O)C1CCCCC1)C1CCOCC1.CNC(=S)NNC(=O)C(O)C(NC(=O)C1CCCCC1)C1CCOCC1.O=C(NC(C1CCOCC1)C(O)C(=O)O)C1CCCCC1. The van der Waals surface area contributed by atoms with Crippen molar-refractivity contribution in [1.29, 1.82) is 0 Å². The van der Waals surface area contributed by atoms with E-state index < -0.39 is 72.0 Å². The second-order valence-electron chi connectivity index (χ2n) is 28.6. The van der Waals surface area contributed by atoms with Gasteiger partial charge in [0, 0.05) is 97.7 Å². The number of rotatable bonds is 22. The molecule has 0 aromatic carbocycles. The lowest BCUT2D eigenvalue weighted by Crippen LogP contribution is -2.58. The number of thiocarbonyl (C=S) groups is 1. The summed E-state index contributed by atoms with van der Waals surface area (Å²) >= 11 is 7.32. The Bertz CT molecular complexity index is 2950. The average molecular weight is 1540 g/mol. The fraction of sp³-hybridized carbons (Fsp3) is 0.800. The third-order valence-electron chi connectivity index (χ3n) is 21.5. The predicted molar refractivity (Wildman–Crippen MR) is 393 cm³/mol. The normalized spacial score (nSPS) is 23.6. The number of aliphatic hydroxyl groups excluding tert-OH is 3. The van der Waals surface area contributed by atoms with Gasteiger partial charge in [-0.1, -0.05) is 101 Å². The molecular formula is C70H113N13O19S3. The van der Waals surface area contributed by atoms with Gasteiger partial charge in [-0.25, -0.2) is 15.6 Å². The van der Waals surface area contributed by atoms with Gasteiger partial charge in [0.15, 0.2) is 33.8 Å². The van der Waals surface area contributed by atoms with Crippen LogP contribution in [0.15, 0.2) is 10.2 Å². The van der Waals surface area contributed by atoms with Gasteiger partial charge in [0.25, 0.3) is 11.8 Å². The van der Waals surface area contributed by atoms with Crippen LogP contribution < -0.4 is 48.3 Å². The molecule has 6 heterocycles. The highest BCUT2D eigenvalue weighted by atomic mass is 32.2. The molecule has 32 nitrogen and oxygen atoms in total. The number of ketones is 1. The summed E-state index contributed by atoms with van der Waals surface area (Å²) in [5.41, 5.74) is 9.49. The number of hydrogen-bond acceptors (Lipinski definition) is 23. The molecule has 0 radical (unpaired) electrons. The van der Waals surface area contributed by atoms with E-state index in [1.54, 1.807) is 21.1 Å². The third-order valence-corrected chi connectivity index (χ3v) is 23.9. The maximum absolute atomic E-state index is 12.9. The number of hydrogen-bond donors (Lipinski definition) is 13. The molecule has 0 spiro atoms. The molecule has 6 saturated heterocycles. The lowest BCUT2D eigenvalue weighted by atomic mass is 9.85. The Hall–Kier alpha value is -6.18. The third kappa shape index (κ3) is 27.5. The molecule has 6 aliphatic heterocycles. The number of aliphatic carboxylic acids is 1. The van der Waals surface area contributed by atoms with E-state index >= 15 is 0 Å². The minimum Gasteiger partial charge on any atom is -0.479 e. The summed E-state index contributed by atoms with van der Waals surface area (Å²) < 4.78 is 21.4. The van der Waals surface area contributed by atoms with Crippen LogP contribution in [0.4, 0.5) is 0 Å². The van der Waals surface area contributed by atoms with Crippen molar-refractivity contribution in [2.75, 3.05) is 85.5 Å². The van der Waals surface area contributed by atoms with E-state index in [-0.39, 0.29) is 99.4 Å². The Kier molecular flexibility index (Phi) is 37.4. The van der Waals surface area contributed by atoms with E-state index in [9.17, 15) is 68.1 Å². The Balaban J connectivity index is 0.000000197. The number of amides is 9. The van der Waals surface area contributed by atoms with E-state index in [1.807, 2.05) is 0 Å². The first kappa shape index (κ1) is 86.1. The second kappa shape index (κ2) is 45.6. The molecule has 590 valence electrons. The van der Waals surface area contributed by atoms with Crippen LogP contribution in [0.2, 0.25) is 0 Å². The van der Waals surface area contributed by atoms with Crippen LogP contribution in [0.25, 0.3) is 0 Å². The largest absolute Gasteiger partial charge is 0.479 e. The van der Waals surface area contributed by atoms with Crippen molar-refractivity contribution in [2.45, 2.75) is 222 Å². The monoisotopic (exact) mass is 1540 g/mol. The molecule has 7 unspecified atom stereocenters. The molecule has 7 atom stereocenters. The lowest BCUT2D eigenvalue weighted by Gasteiger charge is -2.34. The van der Waals surface area contributed by atoms with Gasteiger partial charge in [-0.2, -0.15) is 0 Å². The summed E-state index contributed by atoms with van der Waals surface area (Å²) in [5.74, 6) is -4.74. The standard InChI is InChI=1S/C19H30N4O5S.C19H28N4O5S.C17H30N4O4S.C15H25NO5/c2*1-23-14(24)11-29-19(23)22-21-18(27)16(25)15(12-7-9-28-10-8-12)20-17(26)13-5-3-2-4-6-13;1-18-17(26)21-20-16(24)14(22)13(11-7-9-25-10-8-11)19-15(23)12-5-3-2-4-6-12;17-13(15(19)20)12(10-6-8-21-9-7-10)16-14(18)11-4-2-1-3-5-11/h12-13,15-16,25H,2-11H2,1H3,(H,20,26)(H,21,27);12-13,15H,2-11H2,1H3,(H,20,26)(H,21,27);11-14,22H,2-10H2,1H3,(H,19,23)(H,20,24)(H2,18,21,26);10-13,17H,1-9H2,(H,16,18)(H,19,20)/b2*22-19-;;. The Morgan fingerprint density at radius 2 is 0.752 bits per heavy atom. The number of hydrazone groups is 2. The topological polar surface area (TPSA) is 445 Å². The number of nitrogens with one attached hydrogen (secondary N) is 9. The summed E-state index contributed by atoms with van der Waals surface area (Å²) in [4.78, 5) is 138. The number of Topliss-reactive ketones (excluding diaryl/α,β-unsaturated/α-hetero) is 1. The number of carboxylic acids is 1. The average Bonchev–Trinajstić information content (AvgIpc) is 1.63. The van der Waals surface area contributed by atoms with E-state index in [0.29, 0.717) is 115 Å². The number of ether oxygens (including phenoxy) is 4. The van der Waals surface area contributed by atoms with Crippen molar-refractivity contribution in [3.8, 4) is 0 Å². The van der Waals surface area contributed by atoms with Gasteiger partial charge in [-0.05, 0) is 139 Å². The molecule has 10 rings (SSSR count). The number of aliphatic hydroxyl groups is 3. The van der Waals surface area contributed by atoms with Crippen LogP contribution in [0, 0.1) is 47.3 Å². The molecule has 9 amide bonds. The Morgan fingerprint density at radius 3 is 1.08 bits per heavy atom. The van der Waals surface area contributed by atoms with Crippen molar-refractivity contribution in [1.82, 2.24) is 58.1 Å². The minimum atomic E-state index is -1.55. The number of carbonyl (C=O) groups excluding carboxylic acids is 10. The van der Waals surface area contributed by atoms with Crippen molar-refractivity contribution >= 4 is 116 Å². The van der Waals surface area contributed by atoms with Crippen molar-refractivity contribution in [3.63, 3.8) is 0 Å². The summed E-state index contributed by atoms with van der Waals surface area (Å²) in [6, 6.07) is -2.94. The van der Waals surface area contributed by atoms with Crippen molar-refractivity contribution in [2.24, 2.45) is 57.5 Å². The summed E-state index contributed by atoms with van der Waals surface area (Å²) in [6.45, 7) is 4.32. The first-order valence-corrected chi connectivity index (χ1v) is 40.1. The number of hydrazine groups is 1. The van der Waals surface area contributed by atoms with Crippen molar-refractivity contribution in [3.05, 3.63) is 0 Å². The molecule has 0 bridgehead atoms. The first-order chi connectivity index (χ1) is 50.6. The zero-order valence-corrected chi connectivity index (χ0v) is 63.4. The molecule has 4 aliphatic carbocycles. The molecule has 0 aromatic rings. The van der Waals surface area contributed by atoms with Gasteiger partial charge in [-0.15, -0.1) is 10.2 Å². The van der Waals surface area contributed by atoms with E-state index in [0.717, 1.165) is 128 Å². The molecule has 0 aromatic heterocycles. The van der Waals surface area contributed by atoms with Crippen LogP contribution in [0.3, 0.4) is 0 Å². The van der Waals surface area contributed by atoms with Gasteiger partial charge in [0.2, 0.25) is 41.2 Å². The van der Waals surface area contributed by atoms with Crippen LogP contribution in [0.1, 0.15) is 180 Å². The van der Waals surface area contributed by atoms with E-state index in [4.69, 9.17) is 36.3 Å². The highest BCUT2D eigenvalue weighted by molar-refractivity contribution is 8.15. The maximum atomic E-state index is 12.9. The smallest absolute Gasteiger partial charge is 0.334 e. The number of amidine groups is 2. The molecule has 35 heteroatoms. The predicted octanol–water partition coefficient (Wildman–Crippen LogP) is 1.96. The summed E-state index contributed by atoms with van der Waals surface area (Å²) in [7, 11) is 4.76. The van der Waals surface area contributed by atoms with E-state index in [1.165, 1.54) is 33.3 Å². The zero-order valence-electron chi connectivity index (χ0n) is 61.0. The van der Waals surface area contributed by atoms with Crippen LogP contribution in [-0.2, 0) is 71.7 Å². The fourth-order valence-corrected chi connectivity index (χ4v) is 16.6. The highest BCUT2D eigenvalue weighted by Gasteiger charge is 2.42. The number of nitrogens with zero attached hydrogens (tertiary/aromatic N) is 4. The quantitative estimate of drug-likeness (QED) is 0.0418. The number of carboxylic acid groups (broad SMARTS) is 1. The number of thioether (sulfide) groups is 2. The van der Waals surface area contributed by atoms with Crippen LogP contribution in [0.5, 0.6) is 0 Å². The second-order valence-corrected chi connectivity index (χ2v) is 30.9. The van der Waals surface area contributed by atoms with Gasteiger partial charge >= 0.3 is 11.9 Å². The zero-order chi connectivity index (χ0) is 75.8. The molecule has 105 heavy (non-hydrogen) atoms. The summed E-state index contributed by atoms with van der Waals surface area (Å²) in [5, 5.41) is 63.4. The summed E-state index contributed by atoms with van der Waals surface area (Å²) in [6.07, 6.45) is 20.6. The number of carbonyl (C=O) groups is 11. The Morgan fingerprint density at radius 1 is 0.438 bits per heavy atom. The van der Waals surface area contributed by atoms with Crippen LogP contribution >= 0.6 is 35.7 Å². The van der Waals surface area contributed by atoms with Gasteiger partial charge in [0.1, 0.15) is 6.04 Å². The van der Waals surface area contributed by atoms with Gasteiger partial charge < -0.3 is 66.0 Å². The molecule has 13 N–H and O–H groups in total. The highest BCUT2D eigenvalue weighted by Crippen LogP contribution is 2.32. The van der Waals surface area contributed by atoms with Gasteiger partial charge in [0.05, 0.1) is 29.6 Å².